The third-order valence-electron chi connectivity index (χ3n) is 5.06. The third-order valence-corrected chi connectivity index (χ3v) is 5.54. The Labute approximate surface area is 132 Å². The van der Waals surface area contributed by atoms with Gasteiger partial charge >= 0.3 is 41.0 Å². The minimum Gasteiger partial charge on any atom is -0.225 e. The molecule has 4 aliphatic carbocycles. The van der Waals surface area contributed by atoms with E-state index in [1.165, 1.54) is 0 Å². The molecule has 0 aliphatic heterocycles. The molecule has 3 unspecified atom stereocenters. The van der Waals surface area contributed by atoms with Crippen molar-refractivity contribution in [1.29, 1.82) is 0 Å². The van der Waals surface area contributed by atoms with E-state index in [9.17, 15) is 61.5 Å². The Bertz CT molecular complexity index is 556. The maximum atomic E-state index is 14.3. The smallest absolute Gasteiger partial charge is 0.225 e. The highest BCUT2D eigenvalue weighted by Crippen LogP contribution is 2.87. The maximum Gasteiger partial charge on any atom is 0.339 e. The summed E-state index contributed by atoms with van der Waals surface area (Å²) >= 11 is 4.18. The van der Waals surface area contributed by atoms with Crippen LogP contribution < -0.4 is 0 Å². The molecule has 4 rings (SSSR count). The van der Waals surface area contributed by atoms with Crippen molar-refractivity contribution in [2.45, 2.75) is 51.7 Å². The van der Waals surface area contributed by atoms with Crippen LogP contribution in [-0.4, -0.2) is 51.7 Å². The quantitative estimate of drug-likeness (QED) is 0.387. The standard InChI is InChI=1S/C10HClF14/c11-2(12)1-3(13,14)6(18)8(20,21)5(2,17)9(22,23)7(19,4(1,15)16)10(6,24)25/h1H/t1?,2?,5?,6-,7+. The Hall–Kier alpha value is -0.690. The van der Waals surface area contributed by atoms with Crippen molar-refractivity contribution in [3.63, 3.8) is 0 Å². The fourth-order valence-corrected chi connectivity index (χ4v) is 4.35. The molecule has 0 N–H and O–H groups in total. The van der Waals surface area contributed by atoms with E-state index in [4.69, 9.17) is 0 Å². The third kappa shape index (κ3) is 1.10. The van der Waals surface area contributed by atoms with Gasteiger partial charge in [-0.25, -0.2) is 35.1 Å². The predicted molar refractivity (Wildman–Crippen MR) is 49.4 cm³/mol. The highest BCUT2D eigenvalue weighted by molar-refractivity contribution is 6.24. The van der Waals surface area contributed by atoms with Crippen LogP contribution in [0.2, 0.25) is 0 Å². The summed E-state index contributed by atoms with van der Waals surface area (Å²) in [6.45, 7) is 0. The normalized spacial score (nSPS) is 56.0. The van der Waals surface area contributed by atoms with Gasteiger partial charge in [-0.3, -0.25) is 0 Å². The molecule has 0 spiro atoms. The minimum absolute atomic E-state index is 4.18. The van der Waals surface area contributed by atoms with Crippen LogP contribution in [0.1, 0.15) is 0 Å². The van der Waals surface area contributed by atoms with Crippen LogP contribution >= 0.6 is 11.6 Å². The van der Waals surface area contributed by atoms with Crippen molar-refractivity contribution in [2.24, 2.45) is 5.92 Å². The predicted octanol–water partition coefficient (Wildman–Crippen LogP) is 4.85. The van der Waals surface area contributed by atoms with Crippen molar-refractivity contribution in [3.8, 4) is 0 Å². The van der Waals surface area contributed by atoms with Gasteiger partial charge in [-0.15, -0.1) is 0 Å². The molecule has 5 atom stereocenters. The van der Waals surface area contributed by atoms with Gasteiger partial charge in [0.2, 0.25) is 5.13 Å². The van der Waals surface area contributed by atoms with E-state index in [-0.39, 0.29) is 0 Å². The summed E-state index contributed by atoms with van der Waals surface area (Å²) in [5.74, 6) is -41.7. The lowest BCUT2D eigenvalue weighted by Crippen LogP contribution is -3.04. The number of alkyl halides is 15. The van der Waals surface area contributed by atoms with Crippen LogP contribution in [0.25, 0.3) is 0 Å². The fourth-order valence-electron chi connectivity index (χ4n) is 3.84. The zero-order chi connectivity index (χ0) is 20.1. The number of rotatable bonds is 0. The Morgan fingerprint density at radius 2 is 0.680 bits per heavy atom. The summed E-state index contributed by atoms with van der Waals surface area (Å²) in [4.78, 5) is 0. The number of hydrogen-bond donors (Lipinski definition) is 0. The van der Waals surface area contributed by atoms with Crippen molar-refractivity contribution in [2.75, 3.05) is 0 Å². The monoisotopic (exact) mass is 422 g/mol. The first-order valence-electron chi connectivity index (χ1n) is 5.95. The molecule has 0 heterocycles. The zero-order valence-corrected chi connectivity index (χ0v) is 11.5. The molecule has 4 fully saturated rings. The molecule has 4 bridgehead atoms. The molecule has 0 saturated heterocycles. The summed E-state index contributed by atoms with van der Waals surface area (Å²) in [6.07, 6.45) is 0. The minimum atomic E-state index is -7.54. The van der Waals surface area contributed by atoms with E-state index >= 15 is 0 Å². The average Bonchev–Trinajstić information content (AvgIpc) is 2.38. The summed E-state index contributed by atoms with van der Waals surface area (Å²) in [5, 5.41) is -6.21. The highest BCUT2D eigenvalue weighted by Gasteiger charge is 3.18. The van der Waals surface area contributed by atoms with Crippen LogP contribution in [0.3, 0.4) is 0 Å². The maximum absolute atomic E-state index is 14.3. The molecule has 0 aromatic carbocycles. The van der Waals surface area contributed by atoms with Crippen molar-refractivity contribution >= 4 is 11.6 Å². The molecule has 0 radical (unpaired) electrons. The summed E-state index contributed by atoms with van der Waals surface area (Å²) in [7, 11) is 0. The van der Waals surface area contributed by atoms with Gasteiger partial charge in [0, 0.05) is 0 Å². The van der Waals surface area contributed by atoms with Crippen molar-refractivity contribution in [1.82, 2.24) is 0 Å². The Balaban J connectivity index is 2.64. The van der Waals surface area contributed by atoms with Gasteiger partial charge in [0.1, 0.15) is 5.92 Å². The molecule has 4 aliphatic rings. The van der Waals surface area contributed by atoms with Crippen molar-refractivity contribution in [3.05, 3.63) is 0 Å². The van der Waals surface area contributed by atoms with Crippen LogP contribution in [0, 0.1) is 5.92 Å². The second-order valence-electron chi connectivity index (χ2n) is 6.00. The van der Waals surface area contributed by atoms with Crippen LogP contribution in [-0.2, 0) is 0 Å². The fraction of sp³-hybridized carbons (Fsp3) is 1.00. The average molecular weight is 423 g/mol. The largest absolute Gasteiger partial charge is 0.339 e. The van der Waals surface area contributed by atoms with E-state index in [2.05, 4.69) is 11.6 Å². The topological polar surface area (TPSA) is 0 Å². The lowest BCUT2D eigenvalue weighted by atomic mass is 9.42. The van der Waals surface area contributed by atoms with Crippen LogP contribution in [0.4, 0.5) is 61.5 Å². The van der Waals surface area contributed by atoms with E-state index in [0.29, 0.717) is 0 Å². The number of hydrogen-bond acceptors (Lipinski definition) is 0. The van der Waals surface area contributed by atoms with Gasteiger partial charge in [-0.2, -0.15) is 26.3 Å². The summed E-state index contributed by atoms with van der Waals surface area (Å²) in [5.41, 5.74) is -21.5. The molecule has 15 heteroatoms. The van der Waals surface area contributed by atoms with Gasteiger partial charge in [-0.1, -0.05) is 11.6 Å². The second kappa shape index (κ2) is 3.66. The van der Waals surface area contributed by atoms with E-state index < -0.39 is 57.7 Å². The molecule has 4 saturated carbocycles. The molecule has 146 valence electrons. The zero-order valence-electron chi connectivity index (χ0n) is 10.7. The number of halogens is 15. The molecule has 25 heavy (non-hydrogen) atoms. The van der Waals surface area contributed by atoms with Crippen LogP contribution in [0.15, 0.2) is 0 Å². The summed E-state index contributed by atoms with van der Waals surface area (Å²) < 4.78 is 194. The lowest BCUT2D eigenvalue weighted by Gasteiger charge is -2.72. The van der Waals surface area contributed by atoms with Crippen molar-refractivity contribution < 1.29 is 61.5 Å². The van der Waals surface area contributed by atoms with Gasteiger partial charge < -0.3 is 0 Å². The second-order valence-corrected chi connectivity index (χ2v) is 6.55. The molecule has 0 aromatic heterocycles. The molecule has 0 nitrogen and oxygen atoms in total. The molecule has 0 aromatic rings. The Morgan fingerprint density at radius 1 is 0.440 bits per heavy atom. The SMILES string of the molecule is FC1(Cl)C2C(F)(F)[C@@]3(F)C(F)(F)C1(F)C(F)(F)[C@@](F)(C2(F)F)C3(F)F. The van der Waals surface area contributed by atoms with Gasteiger partial charge in [0.25, 0.3) is 5.67 Å². The molecular formula is C10HClF14. The van der Waals surface area contributed by atoms with Gasteiger partial charge in [-0.05, 0) is 0 Å². The van der Waals surface area contributed by atoms with Crippen LogP contribution in [0.5, 0.6) is 0 Å². The first kappa shape index (κ1) is 19.1. The van der Waals surface area contributed by atoms with Gasteiger partial charge in [0.15, 0.2) is 0 Å². The lowest BCUT2D eigenvalue weighted by molar-refractivity contribution is -0.568. The Kier molecular flexibility index (Phi) is 2.79. The highest BCUT2D eigenvalue weighted by atomic mass is 35.5. The Morgan fingerprint density at radius 3 is 0.960 bits per heavy atom. The van der Waals surface area contributed by atoms with E-state index in [0.717, 1.165) is 0 Å². The van der Waals surface area contributed by atoms with E-state index in [1.54, 1.807) is 0 Å². The first-order valence-corrected chi connectivity index (χ1v) is 6.33. The van der Waals surface area contributed by atoms with Gasteiger partial charge in [0.05, 0.1) is 0 Å². The van der Waals surface area contributed by atoms with E-state index in [1.807, 2.05) is 0 Å². The molecule has 0 amide bonds. The first-order chi connectivity index (χ1) is 10.6. The molecular weight excluding hydrogens is 422 g/mol. The summed E-state index contributed by atoms with van der Waals surface area (Å²) in [6, 6.07) is 0.